The zero-order valence-corrected chi connectivity index (χ0v) is 10.8. The van der Waals surface area contributed by atoms with Crippen LogP contribution in [0.25, 0.3) is 5.52 Å². The number of hydrogen-bond acceptors (Lipinski definition) is 3. The van der Waals surface area contributed by atoms with E-state index in [9.17, 15) is 0 Å². The number of nitrogens with zero attached hydrogens (tertiary/aromatic N) is 3. The molecule has 4 heteroatoms. The van der Waals surface area contributed by atoms with E-state index in [1.54, 1.807) is 6.20 Å². The van der Waals surface area contributed by atoms with Crippen molar-refractivity contribution in [3.63, 3.8) is 0 Å². The standard InChI is InChI=1S/C14H20N4/c1-11-3-2-4-12(9-11)10-16-14-13-5-6-17-18(13)8-7-15-14/h5-8,11-12H,2-4,9-10H2,1H3,(H,15,16). The first kappa shape index (κ1) is 11.5. The van der Waals surface area contributed by atoms with Crippen LogP contribution in [0.4, 0.5) is 5.82 Å². The molecule has 0 amide bonds. The van der Waals surface area contributed by atoms with E-state index in [0.29, 0.717) is 0 Å². The lowest BCUT2D eigenvalue weighted by atomic mass is 9.82. The molecule has 0 radical (unpaired) electrons. The van der Waals surface area contributed by atoms with Crippen LogP contribution in [0.1, 0.15) is 32.6 Å². The molecule has 96 valence electrons. The van der Waals surface area contributed by atoms with Crippen molar-refractivity contribution in [1.29, 1.82) is 0 Å². The summed E-state index contributed by atoms with van der Waals surface area (Å²) >= 11 is 0. The molecule has 0 spiro atoms. The minimum Gasteiger partial charge on any atom is -0.368 e. The molecular weight excluding hydrogens is 224 g/mol. The first-order valence-electron chi connectivity index (χ1n) is 6.85. The number of fused-ring (bicyclic) bond motifs is 1. The summed E-state index contributed by atoms with van der Waals surface area (Å²) in [4.78, 5) is 4.41. The van der Waals surface area contributed by atoms with Gasteiger partial charge in [-0.3, -0.25) is 0 Å². The zero-order chi connectivity index (χ0) is 12.4. The lowest BCUT2D eigenvalue weighted by Gasteiger charge is -2.26. The van der Waals surface area contributed by atoms with Crippen molar-refractivity contribution in [1.82, 2.24) is 14.6 Å². The summed E-state index contributed by atoms with van der Waals surface area (Å²) in [7, 11) is 0. The van der Waals surface area contributed by atoms with E-state index < -0.39 is 0 Å². The van der Waals surface area contributed by atoms with Gasteiger partial charge in [0.15, 0.2) is 5.82 Å². The topological polar surface area (TPSA) is 42.2 Å². The average molecular weight is 244 g/mol. The van der Waals surface area contributed by atoms with Crippen LogP contribution in [0.3, 0.4) is 0 Å². The monoisotopic (exact) mass is 244 g/mol. The number of anilines is 1. The maximum absolute atomic E-state index is 4.41. The van der Waals surface area contributed by atoms with Gasteiger partial charge in [0.05, 0.1) is 6.20 Å². The van der Waals surface area contributed by atoms with E-state index in [1.807, 2.05) is 23.0 Å². The van der Waals surface area contributed by atoms with Crippen LogP contribution in [-0.2, 0) is 0 Å². The van der Waals surface area contributed by atoms with Crippen LogP contribution >= 0.6 is 0 Å². The molecule has 2 atom stereocenters. The Morgan fingerprint density at radius 3 is 3.22 bits per heavy atom. The Morgan fingerprint density at radius 1 is 1.39 bits per heavy atom. The fraction of sp³-hybridized carbons (Fsp3) is 0.571. The predicted molar refractivity (Wildman–Crippen MR) is 72.6 cm³/mol. The summed E-state index contributed by atoms with van der Waals surface area (Å²) in [5, 5.41) is 7.71. The van der Waals surface area contributed by atoms with Crippen LogP contribution in [-0.4, -0.2) is 21.1 Å². The summed E-state index contributed by atoms with van der Waals surface area (Å²) in [6.07, 6.45) is 10.9. The third-order valence-corrected chi connectivity index (χ3v) is 3.93. The second kappa shape index (κ2) is 4.96. The zero-order valence-electron chi connectivity index (χ0n) is 10.8. The van der Waals surface area contributed by atoms with Gasteiger partial charge in [-0.15, -0.1) is 0 Å². The lowest BCUT2D eigenvalue weighted by molar-refractivity contribution is 0.293. The number of rotatable bonds is 3. The van der Waals surface area contributed by atoms with E-state index in [2.05, 4.69) is 22.3 Å². The Labute approximate surface area is 107 Å². The molecule has 1 N–H and O–H groups in total. The molecule has 4 nitrogen and oxygen atoms in total. The highest BCUT2D eigenvalue weighted by Gasteiger charge is 2.18. The summed E-state index contributed by atoms with van der Waals surface area (Å²) in [5.41, 5.74) is 1.06. The third kappa shape index (κ3) is 2.33. The van der Waals surface area contributed by atoms with Gasteiger partial charge in [-0.25, -0.2) is 9.50 Å². The van der Waals surface area contributed by atoms with E-state index in [1.165, 1.54) is 25.7 Å². The molecule has 2 aromatic heterocycles. The summed E-state index contributed by atoms with van der Waals surface area (Å²) in [6.45, 7) is 3.39. The quantitative estimate of drug-likeness (QED) is 0.902. The molecule has 1 fully saturated rings. The second-order valence-corrected chi connectivity index (χ2v) is 5.46. The smallest absolute Gasteiger partial charge is 0.152 e. The third-order valence-electron chi connectivity index (χ3n) is 3.93. The van der Waals surface area contributed by atoms with Crippen LogP contribution in [0.5, 0.6) is 0 Å². The van der Waals surface area contributed by atoms with Gasteiger partial charge in [0.2, 0.25) is 0 Å². The van der Waals surface area contributed by atoms with Gasteiger partial charge in [-0.1, -0.05) is 19.8 Å². The van der Waals surface area contributed by atoms with Crippen molar-refractivity contribution in [2.45, 2.75) is 32.6 Å². The van der Waals surface area contributed by atoms with Gasteiger partial charge in [-0.2, -0.15) is 5.10 Å². The first-order chi connectivity index (χ1) is 8.83. The molecule has 3 rings (SSSR count). The number of aromatic nitrogens is 3. The van der Waals surface area contributed by atoms with Crippen LogP contribution in [0, 0.1) is 11.8 Å². The Morgan fingerprint density at radius 2 is 2.33 bits per heavy atom. The number of nitrogens with one attached hydrogen (secondary N) is 1. The van der Waals surface area contributed by atoms with Gasteiger partial charge in [0, 0.05) is 18.9 Å². The van der Waals surface area contributed by atoms with Gasteiger partial charge < -0.3 is 5.32 Å². The van der Waals surface area contributed by atoms with Gasteiger partial charge in [0.1, 0.15) is 5.52 Å². The second-order valence-electron chi connectivity index (χ2n) is 5.46. The molecule has 0 aromatic carbocycles. The van der Waals surface area contributed by atoms with E-state index in [-0.39, 0.29) is 0 Å². The van der Waals surface area contributed by atoms with E-state index >= 15 is 0 Å². The highest BCUT2D eigenvalue weighted by Crippen LogP contribution is 2.28. The van der Waals surface area contributed by atoms with E-state index in [0.717, 1.165) is 29.7 Å². The average Bonchev–Trinajstić information content (AvgIpc) is 2.85. The molecule has 1 aliphatic carbocycles. The van der Waals surface area contributed by atoms with Gasteiger partial charge in [-0.05, 0) is 30.7 Å². The molecule has 0 aliphatic heterocycles. The molecule has 2 heterocycles. The fourth-order valence-electron chi connectivity index (χ4n) is 2.98. The Bertz CT molecular complexity index is 519. The molecule has 18 heavy (non-hydrogen) atoms. The SMILES string of the molecule is CC1CCCC(CNc2nccn3nccc23)C1. The molecule has 1 aliphatic rings. The predicted octanol–water partition coefficient (Wildman–Crippen LogP) is 2.97. The molecule has 2 unspecified atom stereocenters. The highest BCUT2D eigenvalue weighted by molar-refractivity contribution is 5.66. The normalized spacial score (nSPS) is 24.3. The first-order valence-corrected chi connectivity index (χ1v) is 6.85. The van der Waals surface area contributed by atoms with Crippen molar-refractivity contribution >= 4 is 11.3 Å². The Hall–Kier alpha value is -1.58. The summed E-state index contributed by atoms with van der Waals surface area (Å²) in [5.74, 6) is 2.62. The molecule has 1 saturated carbocycles. The number of hydrogen-bond donors (Lipinski definition) is 1. The summed E-state index contributed by atoms with van der Waals surface area (Å²) in [6, 6.07) is 2.00. The van der Waals surface area contributed by atoms with Crippen LogP contribution < -0.4 is 5.32 Å². The van der Waals surface area contributed by atoms with Gasteiger partial charge in [0.25, 0.3) is 0 Å². The maximum Gasteiger partial charge on any atom is 0.152 e. The fourth-order valence-corrected chi connectivity index (χ4v) is 2.98. The summed E-state index contributed by atoms with van der Waals surface area (Å²) < 4.78 is 1.86. The minimum absolute atomic E-state index is 0.790. The van der Waals surface area contributed by atoms with Crippen molar-refractivity contribution in [2.75, 3.05) is 11.9 Å². The van der Waals surface area contributed by atoms with Crippen molar-refractivity contribution in [3.8, 4) is 0 Å². The van der Waals surface area contributed by atoms with Crippen molar-refractivity contribution in [2.24, 2.45) is 11.8 Å². The van der Waals surface area contributed by atoms with Crippen LogP contribution in [0.2, 0.25) is 0 Å². The largest absolute Gasteiger partial charge is 0.368 e. The maximum atomic E-state index is 4.41. The highest BCUT2D eigenvalue weighted by atomic mass is 15.2. The van der Waals surface area contributed by atoms with Crippen molar-refractivity contribution < 1.29 is 0 Å². The van der Waals surface area contributed by atoms with Crippen LogP contribution in [0.15, 0.2) is 24.7 Å². The van der Waals surface area contributed by atoms with Crippen molar-refractivity contribution in [3.05, 3.63) is 24.7 Å². The molecule has 0 saturated heterocycles. The van der Waals surface area contributed by atoms with E-state index in [4.69, 9.17) is 0 Å². The Kier molecular flexibility index (Phi) is 3.17. The molecular formula is C14H20N4. The lowest BCUT2D eigenvalue weighted by Crippen LogP contribution is -2.21. The Balaban J connectivity index is 1.67. The minimum atomic E-state index is 0.790. The molecule has 2 aromatic rings. The van der Waals surface area contributed by atoms with Gasteiger partial charge >= 0.3 is 0 Å². The molecule has 0 bridgehead atoms.